The Morgan fingerprint density at radius 1 is 0.351 bits per heavy atom. The van der Waals surface area contributed by atoms with E-state index in [1.165, 1.54) is 83.5 Å². The topological polar surface area (TPSA) is 156 Å². The molecule has 14 nitrogen and oxygen atoms in total. The van der Waals surface area contributed by atoms with Gasteiger partial charge in [0.1, 0.15) is 24.4 Å². The summed E-state index contributed by atoms with van der Waals surface area (Å²) < 4.78 is 107. The van der Waals surface area contributed by atoms with Crippen molar-refractivity contribution in [1.82, 2.24) is 0 Å². The number of phosphoric ester groups is 1. The molecule has 1 unspecified atom stereocenters. The Hall–Kier alpha value is -5.48. The Morgan fingerprint density at radius 3 is 1.00 bits per heavy atom. The molecular formula is C78H102O14P2. The Labute approximate surface area is 560 Å². The van der Waals surface area contributed by atoms with Crippen molar-refractivity contribution in [3.05, 3.63) is 251 Å². The van der Waals surface area contributed by atoms with Gasteiger partial charge in [0.05, 0.1) is 77.6 Å². The molecule has 0 aromatic heterocycles. The molecule has 0 bridgehead atoms. The van der Waals surface area contributed by atoms with Crippen LogP contribution in [0.15, 0.2) is 212 Å². The highest BCUT2D eigenvalue weighted by Gasteiger charge is 2.61. The first-order chi connectivity index (χ1) is 46.2. The third-order valence-corrected chi connectivity index (χ3v) is 20.4. The van der Waals surface area contributed by atoms with Gasteiger partial charge in [-0.25, -0.2) is 4.57 Å². The summed E-state index contributed by atoms with van der Waals surface area (Å²) in [5.41, 5.74) is 5.24. The second-order valence-corrected chi connectivity index (χ2v) is 28.1. The third kappa shape index (κ3) is 26.2. The lowest BCUT2D eigenvalue weighted by atomic mass is 9.77. The molecule has 94 heavy (non-hydrogen) atoms. The van der Waals surface area contributed by atoms with Crippen LogP contribution in [-0.2, 0) is 106 Å². The van der Waals surface area contributed by atoms with Crippen LogP contribution < -0.4 is 0 Å². The predicted molar refractivity (Wildman–Crippen MR) is 370 cm³/mol. The highest BCUT2D eigenvalue weighted by Crippen LogP contribution is 2.61. The number of ether oxygens (including phenoxy) is 6. The van der Waals surface area contributed by atoms with E-state index >= 15 is 9.13 Å². The smallest absolute Gasteiger partial charge is 0.380 e. The van der Waals surface area contributed by atoms with Gasteiger partial charge >= 0.3 is 15.4 Å². The molecule has 1 N–H and O–H groups in total. The summed E-state index contributed by atoms with van der Waals surface area (Å²) in [6, 6.07) is 66.2. The minimum Gasteiger partial charge on any atom is -0.380 e. The van der Waals surface area contributed by atoms with Crippen molar-refractivity contribution in [3.63, 3.8) is 0 Å². The molecule has 16 heteroatoms. The van der Waals surface area contributed by atoms with Gasteiger partial charge in [0.2, 0.25) is 0 Å². The van der Waals surface area contributed by atoms with Crippen LogP contribution in [0.5, 0.6) is 0 Å². The van der Waals surface area contributed by atoms with E-state index in [2.05, 4.69) is 6.92 Å². The number of aliphatic hydroxyl groups is 1. The van der Waals surface area contributed by atoms with Gasteiger partial charge in [-0.1, -0.05) is 316 Å². The quantitative estimate of drug-likeness (QED) is 0.0284. The summed E-state index contributed by atoms with van der Waals surface area (Å²) in [7, 11) is -8.08. The zero-order chi connectivity index (χ0) is 65.6. The van der Waals surface area contributed by atoms with Crippen LogP contribution in [-0.4, -0.2) is 74.5 Å². The molecule has 0 radical (unpaired) electrons. The summed E-state index contributed by atoms with van der Waals surface area (Å²) in [4.78, 5) is 0. The van der Waals surface area contributed by atoms with E-state index in [1.807, 2.05) is 212 Å². The van der Waals surface area contributed by atoms with Crippen LogP contribution in [0.4, 0.5) is 0 Å². The van der Waals surface area contributed by atoms with Crippen molar-refractivity contribution >= 4 is 15.4 Å². The lowest BCUT2D eigenvalue weighted by Crippen LogP contribution is -2.66. The largest absolute Gasteiger partial charge is 0.475 e. The molecule has 9 atom stereocenters. The van der Waals surface area contributed by atoms with Gasteiger partial charge in [-0.2, -0.15) is 0 Å². The average molecular weight is 1330 g/mol. The van der Waals surface area contributed by atoms with E-state index in [0.717, 1.165) is 41.5 Å². The Morgan fingerprint density at radius 2 is 0.649 bits per heavy atom. The van der Waals surface area contributed by atoms with Crippen molar-refractivity contribution in [1.29, 1.82) is 0 Å². The van der Waals surface area contributed by atoms with E-state index in [4.69, 9.17) is 51.0 Å². The molecule has 0 aliphatic heterocycles. The fraction of sp³-hybridized carbons (Fsp3) is 0.462. The minimum absolute atomic E-state index is 0.00402. The van der Waals surface area contributed by atoms with Crippen molar-refractivity contribution < 1.29 is 65.3 Å². The summed E-state index contributed by atoms with van der Waals surface area (Å²) in [5, 5.41) is 13.7. The molecule has 1 aliphatic carbocycles. The molecular weight excluding hydrogens is 1220 g/mol. The first-order valence-electron chi connectivity index (χ1n) is 34.2. The molecule has 0 heterocycles. The van der Waals surface area contributed by atoms with Gasteiger partial charge in [-0.05, 0) is 45.4 Å². The fourth-order valence-electron chi connectivity index (χ4n) is 11.7. The number of methoxy groups -OCH3 is 1. The van der Waals surface area contributed by atoms with Crippen LogP contribution in [0.2, 0.25) is 0 Å². The summed E-state index contributed by atoms with van der Waals surface area (Å²) >= 11 is 0. The standard InChI is InChI=1S/C78H102O14P2/c1-3-4-5-6-7-8-9-10-11-12-13-14-15-16-17-39-54-83-62-71(82-2)63-91-94(81,90-61-70-52-37-24-38-53-70)92-77-74(85-56-65-42-27-19-28-43-65)72(78(79)93(80,88-59-68-48-33-22-34-49-68)89-60-69-50-35-23-36-51-69)73(84-55-64-40-25-18-26-41-64)75(86-57-66-44-29-20-30-45-66)76(77)87-58-67-46-31-21-32-47-67/h18-38,40-53,71-79H,3-17,39,54-63H2,1-2H3/t71-,72-,73-,74-,75+,76-,77-,78-,94?/m1/s1. The Balaban J connectivity index is 1.12. The maximum atomic E-state index is 16.4. The fourth-order valence-corrected chi connectivity index (χ4v) is 14.9. The van der Waals surface area contributed by atoms with Gasteiger partial charge in [0, 0.05) is 13.7 Å². The number of rotatable bonds is 48. The van der Waals surface area contributed by atoms with Crippen LogP contribution in [0.3, 0.4) is 0 Å². The maximum absolute atomic E-state index is 16.4. The Kier molecular flexibility index (Phi) is 33.9. The summed E-state index contributed by atoms with van der Waals surface area (Å²) in [5.74, 6) is -3.47. The predicted octanol–water partition coefficient (Wildman–Crippen LogP) is 18.9. The van der Waals surface area contributed by atoms with Gasteiger partial charge < -0.3 is 42.6 Å². The van der Waals surface area contributed by atoms with Crippen LogP contribution in [0, 0.1) is 5.92 Å². The molecule has 0 saturated heterocycles. The van der Waals surface area contributed by atoms with Gasteiger partial charge in [-0.15, -0.1) is 0 Å². The SMILES string of the molecule is CCCCCCCCCCCCCCCCCCOC[C@H](COP(=O)(OCc1ccccc1)O[C@H]1[C@H](OCc2ccccc2)[C@@H](OCc2ccccc2)[C@H](OCc2ccccc2)[C@@H]([C@H](O)P(=O)(OCc2ccccc2)OCc2ccccc2)[C@H]1OCc1ccccc1)OC. The van der Waals surface area contributed by atoms with Gasteiger partial charge in [-0.3, -0.25) is 18.1 Å². The molecule has 8 rings (SSSR count). The van der Waals surface area contributed by atoms with Crippen molar-refractivity contribution in [3.8, 4) is 0 Å². The minimum atomic E-state index is -4.86. The number of unbranched alkanes of at least 4 members (excludes halogenated alkanes) is 15. The summed E-state index contributed by atoms with van der Waals surface area (Å²) in [6.07, 6.45) is 13.1. The van der Waals surface area contributed by atoms with E-state index in [1.54, 1.807) is 7.11 Å². The molecule has 0 amide bonds. The number of phosphoric acid groups is 1. The number of hydrogen-bond donors (Lipinski definition) is 1. The molecule has 7 aromatic carbocycles. The number of hydrogen-bond acceptors (Lipinski definition) is 14. The highest BCUT2D eigenvalue weighted by atomic mass is 31.2. The van der Waals surface area contributed by atoms with E-state index in [9.17, 15) is 5.11 Å². The van der Waals surface area contributed by atoms with Crippen molar-refractivity contribution in [2.45, 2.75) is 198 Å². The van der Waals surface area contributed by atoms with E-state index in [-0.39, 0.29) is 59.5 Å². The number of aliphatic hydroxyl groups excluding tert-OH is 1. The monoisotopic (exact) mass is 1320 g/mol. The lowest BCUT2D eigenvalue weighted by molar-refractivity contribution is -0.265. The van der Waals surface area contributed by atoms with Gasteiger partial charge in [0.25, 0.3) is 0 Å². The van der Waals surface area contributed by atoms with E-state index in [0.29, 0.717) is 23.3 Å². The first kappa shape index (κ1) is 74.3. The second-order valence-electron chi connectivity index (χ2n) is 24.4. The van der Waals surface area contributed by atoms with E-state index < -0.39 is 63.8 Å². The first-order valence-corrected chi connectivity index (χ1v) is 37.3. The lowest BCUT2D eigenvalue weighted by Gasteiger charge is -2.51. The molecule has 1 saturated carbocycles. The highest BCUT2D eigenvalue weighted by molar-refractivity contribution is 7.54. The van der Waals surface area contributed by atoms with Crippen LogP contribution in [0.1, 0.15) is 149 Å². The molecule has 1 aliphatic rings. The zero-order valence-electron chi connectivity index (χ0n) is 55.4. The molecule has 0 spiro atoms. The molecule has 508 valence electrons. The maximum Gasteiger partial charge on any atom is 0.475 e. The molecule has 1 fully saturated rings. The zero-order valence-corrected chi connectivity index (χ0v) is 57.1. The number of benzene rings is 7. The Bertz CT molecular complexity index is 3090. The summed E-state index contributed by atoms with van der Waals surface area (Å²) in [6.45, 7) is 2.06. The van der Waals surface area contributed by atoms with Crippen molar-refractivity contribution in [2.75, 3.05) is 26.9 Å². The van der Waals surface area contributed by atoms with Gasteiger partial charge in [0.15, 0.2) is 5.85 Å². The second kappa shape index (κ2) is 42.9. The van der Waals surface area contributed by atoms with Crippen LogP contribution >= 0.6 is 15.4 Å². The van der Waals surface area contributed by atoms with Crippen LogP contribution in [0.25, 0.3) is 0 Å². The normalized spacial score (nSPS) is 18.8. The van der Waals surface area contributed by atoms with Crippen molar-refractivity contribution in [2.24, 2.45) is 5.92 Å². The molecule has 7 aromatic rings. The third-order valence-electron chi connectivity index (χ3n) is 17.1. The average Bonchev–Trinajstić information content (AvgIpc) is 0.744.